The molecule has 0 aromatic carbocycles. The molecule has 214 valence electrons. The monoisotopic (exact) mass is 597 g/mol. The Hall–Kier alpha value is -2.07. The first-order valence-corrected chi connectivity index (χ1v) is 9.37. The molecule has 1 atom stereocenters. The second kappa shape index (κ2) is 8.75. The molecule has 2 N–H and O–H groups in total. The van der Waals surface area contributed by atoms with Gasteiger partial charge < -0.3 is 5.11 Å². The van der Waals surface area contributed by atoms with Crippen molar-refractivity contribution in [1.29, 1.82) is 0 Å². The van der Waals surface area contributed by atoms with Crippen LogP contribution in [0.1, 0.15) is 6.92 Å². The molecule has 0 aliphatic carbocycles. The summed E-state index contributed by atoms with van der Waals surface area (Å²) in [5.74, 6) is -54.5. The molecular weight excluding hydrogens is 589 g/mol. The molecule has 0 heterocycles. The number of carbonyl (C=O) groups is 1. The van der Waals surface area contributed by atoms with Crippen molar-refractivity contribution >= 4 is 16.0 Å². The highest BCUT2D eigenvalue weighted by atomic mass is 32.2. The van der Waals surface area contributed by atoms with E-state index < -0.39 is 74.6 Å². The molecule has 1 unspecified atom stereocenters. The maximum atomic E-state index is 13.8. The zero-order chi connectivity index (χ0) is 29.9. The van der Waals surface area contributed by atoms with Gasteiger partial charge in [0.2, 0.25) is 0 Å². The quantitative estimate of drug-likeness (QED) is 0.262. The summed E-state index contributed by atoms with van der Waals surface area (Å²) in [6.45, 7) is 2.70. The number of rotatable bonds is 11. The average Bonchev–Trinajstić information content (AvgIpc) is 2.64. The molecule has 0 bridgehead atoms. The van der Waals surface area contributed by atoms with E-state index in [1.54, 1.807) is 0 Å². The summed E-state index contributed by atoms with van der Waals surface area (Å²) in [5.41, 5.74) is -1.50. The minimum absolute atomic E-state index is 0.197. The van der Waals surface area contributed by atoms with Crippen LogP contribution in [0, 0.1) is 0 Å². The van der Waals surface area contributed by atoms with E-state index >= 15 is 0 Å². The molecule has 36 heavy (non-hydrogen) atoms. The minimum Gasteiger partial charge on any atom is -0.478 e. The normalized spacial score (nSPS) is 16.6. The molecule has 0 aliphatic rings. The number of hydrogen-bond acceptors (Lipinski definition) is 3. The maximum absolute atomic E-state index is 13.8. The Bertz CT molecular complexity index is 985. The second-order valence-corrected chi connectivity index (χ2v) is 8.39. The van der Waals surface area contributed by atoms with Crippen LogP contribution >= 0.6 is 0 Å². The van der Waals surface area contributed by atoms with Crippen LogP contribution in [0.3, 0.4) is 0 Å². The fraction of sp³-hybridized carbons (Fsp3) is 0.769. The molecule has 0 aromatic rings. The van der Waals surface area contributed by atoms with Crippen molar-refractivity contribution in [1.82, 2.24) is 4.72 Å². The highest BCUT2D eigenvalue weighted by molar-refractivity contribution is 7.90. The third kappa shape index (κ3) is 4.44. The van der Waals surface area contributed by atoms with Crippen molar-refractivity contribution in [2.45, 2.75) is 59.9 Å². The Labute approximate surface area is 187 Å². The number of nitrogens with one attached hydrogen (secondary N) is 1. The van der Waals surface area contributed by atoms with E-state index in [2.05, 4.69) is 6.58 Å². The summed E-state index contributed by atoms with van der Waals surface area (Å²) in [7, 11) is -7.60. The molecule has 23 heteroatoms. The summed E-state index contributed by atoms with van der Waals surface area (Å²) in [5, 5.41) is 0.672. The average molecular weight is 597 g/mol. The van der Waals surface area contributed by atoms with E-state index in [9.17, 15) is 87.8 Å². The first-order valence-electron chi connectivity index (χ1n) is 7.89. The predicted octanol–water partition coefficient (Wildman–Crippen LogP) is 4.90. The van der Waals surface area contributed by atoms with E-state index in [0.717, 1.165) is 0 Å². The molecule has 0 aromatic heterocycles. The number of carboxylic acids is 1. The third-order valence-corrected chi connectivity index (χ3v) is 5.76. The second-order valence-electron chi connectivity index (χ2n) is 6.63. The number of sulfonamides is 1. The van der Waals surface area contributed by atoms with Crippen LogP contribution in [0.15, 0.2) is 12.2 Å². The van der Waals surface area contributed by atoms with Crippen LogP contribution < -0.4 is 4.72 Å². The summed E-state index contributed by atoms with van der Waals surface area (Å²) < 4.78 is 246. The number of carboxylic acid groups (broad SMARTS) is 1. The van der Waals surface area contributed by atoms with Crippen LogP contribution in [-0.2, 0) is 14.8 Å². The van der Waals surface area contributed by atoms with E-state index in [1.165, 1.54) is 0 Å². The van der Waals surface area contributed by atoms with Crippen molar-refractivity contribution in [2.75, 3.05) is 0 Å². The molecule has 5 nitrogen and oxygen atoms in total. The Kier molecular flexibility index (Phi) is 8.25. The van der Waals surface area contributed by atoms with Gasteiger partial charge >= 0.3 is 52.9 Å². The SMILES string of the molecule is C=C(C(=O)O)C(C)NS(=O)(=O)C(F)(F)C(F)(F)C(F)(F)C(F)(F)C(F)(F)C(F)(F)C(F)(F)C(F)(F)F. The molecule has 0 spiro atoms. The fourth-order valence-corrected chi connectivity index (χ4v) is 3.10. The highest BCUT2D eigenvalue weighted by Gasteiger charge is 2.96. The molecule has 0 aliphatic heterocycles. The fourth-order valence-electron chi connectivity index (χ4n) is 1.88. The lowest BCUT2D eigenvalue weighted by Gasteiger charge is -2.42. The zero-order valence-corrected chi connectivity index (χ0v) is 17.1. The van der Waals surface area contributed by atoms with Crippen LogP contribution in [0.5, 0.6) is 0 Å². The van der Waals surface area contributed by atoms with Crippen molar-refractivity contribution in [3.63, 3.8) is 0 Å². The van der Waals surface area contributed by atoms with E-state index in [4.69, 9.17) is 5.11 Å². The molecule has 0 fully saturated rings. The Balaban J connectivity index is 6.90. The van der Waals surface area contributed by atoms with E-state index in [0.29, 0.717) is 0 Å². The zero-order valence-electron chi connectivity index (χ0n) is 16.3. The van der Waals surface area contributed by atoms with Gasteiger partial charge in [-0.1, -0.05) is 6.58 Å². The molecule has 0 rings (SSSR count). The van der Waals surface area contributed by atoms with Crippen LogP contribution in [0.4, 0.5) is 74.6 Å². The molecule has 0 radical (unpaired) electrons. The Morgan fingerprint density at radius 2 is 0.944 bits per heavy atom. The molecule has 0 saturated heterocycles. The van der Waals surface area contributed by atoms with Gasteiger partial charge in [0.05, 0.1) is 6.04 Å². The largest absolute Gasteiger partial charge is 0.478 e. The summed E-state index contributed by atoms with van der Waals surface area (Å²) >= 11 is 0. The lowest BCUT2D eigenvalue weighted by Crippen LogP contribution is -2.75. The topological polar surface area (TPSA) is 83.5 Å². The Morgan fingerprint density at radius 1 is 0.667 bits per heavy atom. The summed E-state index contributed by atoms with van der Waals surface area (Å²) in [4.78, 5) is 10.5. The van der Waals surface area contributed by atoms with Crippen LogP contribution in [0.2, 0.25) is 0 Å². The Morgan fingerprint density at radius 3 is 1.22 bits per heavy atom. The lowest BCUT2D eigenvalue weighted by molar-refractivity contribution is -0.458. The van der Waals surface area contributed by atoms with Crippen molar-refractivity contribution in [3.8, 4) is 0 Å². The smallest absolute Gasteiger partial charge is 0.460 e. The van der Waals surface area contributed by atoms with Gasteiger partial charge in [0.25, 0.3) is 10.0 Å². The molecule has 0 amide bonds. The number of hydrogen-bond donors (Lipinski definition) is 2. The van der Waals surface area contributed by atoms with Gasteiger partial charge in [-0.2, -0.15) is 74.6 Å². The van der Waals surface area contributed by atoms with Crippen molar-refractivity contribution in [2.24, 2.45) is 0 Å². The molecular formula is C13H8F17NO4S. The molecule has 0 saturated carbocycles. The number of alkyl halides is 17. The standard InChI is InChI=1S/C13H8F17NO4S/c1-3(5(32)33)4(2)31-36(34,35)13(29,30)11(24,25)9(20,21)7(16,17)6(14,15)8(18,19)10(22,23)12(26,27)28/h4,31H,1H2,2H3,(H,32,33). The van der Waals surface area contributed by atoms with Gasteiger partial charge in [-0.05, 0) is 6.92 Å². The first kappa shape index (κ1) is 33.9. The lowest BCUT2D eigenvalue weighted by atomic mass is 9.91. The van der Waals surface area contributed by atoms with Crippen molar-refractivity contribution in [3.05, 3.63) is 12.2 Å². The van der Waals surface area contributed by atoms with Crippen LogP contribution in [0.25, 0.3) is 0 Å². The summed E-state index contributed by atoms with van der Waals surface area (Å²) in [6.07, 6.45) is -7.92. The minimum atomic E-state index is -8.95. The number of halogens is 17. The van der Waals surface area contributed by atoms with Crippen molar-refractivity contribution < 1.29 is 93.0 Å². The maximum Gasteiger partial charge on any atom is 0.460 e. The summed E-state index contributed by atoms with van der Waals surface area (Å²) in [6, 6.07) is -2.65. The van der Waals surface area contributed by atoms with Gasteiger partial charge in [-0.3, -0.25) is 0 Å². The van der Waals surface area contributed by atoms with Gasteiger partial charge in [0.1, 0.15) is 0 Å². The van der Waals surface area contributed by atoms with E-state index in [1.807, 2.05) is 0 Å². The van der Waals surface area contributed by atoms with Gasteiger partial charge in [-0.15, -0.1) is 0 Å². The van der Waals surface area contributed by atoms with Crippen LogP contribution in [-0.4, -0.2) is 72.5 Å². The third-order valence-electron chi connectivity index (χ3n) is 4.16. The number of aliphatic carboxylic acids is 1. The first-order chi connectivity index (χ1) is 15.2. The van der Waals surface area contributed by atoms with Gasteiger partial charge in [-0.25, -0.2) is 17.9 Å². The van der Waals surface area contributed by atoms with Gasteiger partial charge in [0, 0.05) is 5.57 Å². The highest BCUT2D eigenvalue weighted by Crippen LogP contribution is 2.64. The van der Waals surface area contributed by atoms with E-state index in [-0.39, 0.29) is 11.6 Å². The van der Waals surface area contributed by atoms with Gasteiger partial charge in [0.15, 0.2) is 0 Å². The predicted molar refractivity (Wildman–Crippen MR) is 79.0 cm³/mol.